The van der Waals surface area contributed by atoms with Crippen LogP contribution in [0.4, 0.5) is 10.1 Å². The van der Waals surface area contributed by atoms with Crippen molar-refractivity contribution in [2.24, 2.45) is 0 Å². The van der Waals surface area contributed by atoms with Gasteiger partial charge in [0.05, 0.1) is 11.6 Å². The average Bonchev–Trinajstić information content (AvgIpc) is 2.44. The Kier molecular flexibility index (Phi) is 4.37. The summed E-state index contributed by atoms with van der Waals surface area (Å²) < 4.78 is 13.4. The molecule has 2 aromatic carbocycles. The standard InChI is InChI=1S/C17H17FN2/c1-12(2)16-5-3-4-6-17(16)20-11-14-7-13(10-19)8-15(18)9-14/h3-9,12,20H,11H2,1-2H3. The number of anilines is 1. The third-order valence-electron chi connectivity index (χ3n) is 3.15. The average molecular weight is 268 g/mol. The largest absolute Gasteiger partial charge is 0.381 e. The molecule has 0 atom stereocenters. The van der Waals surface area contributed by atoms with Crippen LogP contribution in [0.2, 0.25) is 0 Å². The fourth-order valence-electron chi connectivity index (χ4n) is 2.18. The molecular weight excluding hydrogens is 251 g/mol. The van der Waals surface area contributed by atoms with Crippen LogP contribution in [0.3, 0.4) is 0 Å². The zero-order valence-electron chi connectivity index (χ0n) is 11.7. The zero-order chi connectivity index (χ0) is 14.5. The number of halogens is 1. The third kappa shape index (κ3) is 3.36. The van der Waals surface area contributed by atoms with Crippen LogP contribution in [0, 0.1) is 17.1 Å². The SMILES string of the molecule is CC(C)c1ccccc1NCc1cc(F)cc(C#N)c1. The van der Waals surface area contributed by atoms with Crippen LogP contribution >= 0.6 is 0 Å². The van der Waals surface area contributed by atoms with Crippen LogP contribution in [0.1, 0.15) is 36.5 Å². The molecule has 0 fully saturated rings. The molecule has 0 aliphatic heterocycles. The van der Waals surface area contributed by atoms with Crippen molar-refractivity contribution in [1.29, 1.82) is 5.26 Å². The lowest BCUT2D eigenvalue weighted by atomic mass is 10.0. The molecule has 0 spiro atoms. The van der Waals surface area contributed by atoms with Crippen molar-refractivity contribution in [2.45, 2.75) is 26.3 Å². The minimum Gasteiger partial charge on any atom is -0.381 e. The van der Waals surface area contributed by atoms with Crippen molar-refractivity contribution in [2.75, 3.05) is 5.32 Å². The predicted molar refractivity (Wildman–Crippen MR) is 79.0 cm³/mol. The van der Waals surface area contributed by atoms with Gasteiger partial charge in [0.15, 0.2) is 0 Å². The summed E-state index contributed by atoms with van der Waals surface area (Å²) in [6.07, 6.45) is 0. The van der Waals surface area contributed by atoms with Crippen LogP contribution in [0.25, 0.3) is 0 Å². The van der Waals surface area contributed by atoms with Crippen LogP contribution in [0.5, 0.6) is 0 Å². The molecule has 2 aromatic rings. The minimum absolute atomic E-state index is 0.346. The van der Waals surface area contributed by atoms with Gasteiger partial charge in [0.2, 0.25) is 0 Å². The molecule has 0 aliphatic carbocycles. The summed E-state index contributed by atoms with van der Waals surface area (Å²) >= 11 is 0. The highest BCUT2D eigenvalue weighted by Gasteiger charge is 2.06. The normalized spacial score (nSPS) is 10.3. The Bertz CT molecular complexity index is 642. The Labute approximate surface area is 118 Å². The van der Waals surface area contributed by atoms with E-state index in [1.165, 1.54) is 17.7 Å². The zero-order valence-corrected chi connectivity index (χ0v) is 11.7. The molecule has 0 amide bonds. The lowest BCUT2D eigenvalue weighted by Gasteiger charge is -2.14. The van der Waals surface area contributed by atoms with Gasteiger partial charge in [-0.15, -0.1) is 0 Å². The molecule has 3 heteroatoms. The molecule has 0 heterocycles. The van der Waals surface area contributed by atoms with E-state index >= 15 is 0 Å². The Morgan fingerprint density at radius 1 is 1.20 bits per heavy atom. The maximum atomic E-state index is 13.4. The first-order valence-corrected chi connectivity index (χ1v) is 6.62. The van der Waals surface area contributed by atoms with Crippen LogP contribution in [-0.2, 0) is 6.54 Å². The number of nitrogens with one attached hydrogen (secondary N) is 1. The highest BCUT2D eigenvalue weighted by Crippen LogP contribution is 2.24. The van der Waals surface area contributed by atoms with Gasteiger partial charge in [-0.2, -0.15) is 5.26 Å². The molecule has 102 valence electrons. The number of nitriles is 1. The molecular formula is C17H17FN2. The molecule has 1 N–H and O–H groups in total. The number of benzene rings is 2. The lowest BCUT2D eigenvalue weighted by Crippen LogP contribution is -2.04. The summed E-state index contributed by atoms with van der Waals surface area (Å²) in [5.41, 5.74) is 3.38. The Balaban J connectivity index is 2.17. The predicted octanol–water partition coefficient (Wildman–Crippen LogP) is 4.43. The van der Waals surface area contributed by atoms with Gasteiger partial charge in [0.1, 0.15) is 5.82 Å². The summed E-state index contributed by atoms with van der Waals surface area (Å²) in [6.45, 7) is 4.77. The van der Waals surface area contributed by atoms with Gasteiger partial charge in [-0.1, -0.05) is 32.0 Å². The van der Waals surface area contributed by atoms with Gasteiger partial charge in [-0.25, -0.2) is 4.39 Å². The van der Waals surface area contributed by atoms with Crippen molar-refractivity contribution in [3.8, 4) is 6.07 Å². The molecule has 2 rings (SSSR count). The monoisotopic (exact) mass is 268 g/mol. The highest BCUT2D eigenvalue weighted by atomic mass is 19.1. The summed E-state index contributed by atoms with van der Waals surface area (Å²) in [5, 5.41) is 12.2. The van der Waals surface area contributed by atoms with E-state index in [0.29, 0.717) is 18.0 Å². The number of rotatable bonds is 4. The number of para-hydroxylation sites is 1. The second-order valence-electron chi connectivity index (χ2n) is 5.06. The van der Waals surface area contributed by atoms with Gasteiger partial charge >= 0.3 is 0 Å². The van der Waals surface area contributed by atoms with E-state index in [4.69, 9.17) is 5.26 Å². The van der Waals surface area contributed by atoms with Crippen molar-refractivity contribution < 1.29 is 4.39 Å². The number of hydrogen-bond donors (Lipinski definition) is 1. The smallest absolute Gasteiger partial charge is 0.124 e. The van der Waals surface area contributed by atoms with E-state index in [0.717, 1.165) is 11.3 Å². The van der Waals surface area contributed by atoms with Crippen molar-refractivity contribution in [1.82, 2.24) is 0 Å². The Morgan fingerprint density at radius 2 is 1.95 bits per heavy atom. The summed E-state index contributed by atoms with van der Waals surface area (Å²) in [5.74, 6) is 0.0406. The molecule has 0 unspecified atom stereocenters. The van der Waals surface area contributed by atoms with Crippen LogP contribution in [0.15, 0.2) is 42.5 Å². The number of nitrogens with zero attached hydrogens (tertiary/aromatic N) is 1. The maximum Gasteiger partial charge on any atom is 0.124 e. The van der Waals surface area contributed by atoms with Gasteiger partial charge in [-0.3, -0.25) is 0 Å². The van der Waals surface area contributed by atoms with Gasteiger partial charge in [-0.05, 0) is 41.3 Å². The third-order valence-corrected chi connectivity index (χ3v) is 3.15. The fourth-order valence-corrected chi connectivity index (χ4v) is 2.18. The highest BCUT2D eigenvalue weighted by molar-refractivity contribution is 5.53. The van der Waals surface area contributed by atoms with Gasteiger partial charge in [0.25, 0.3) is 0 Å². The second-order valence-corrected chi connectivity index (χ2v) is 5.06. The quantitative estimate of drug-likeness (QED) is 0.890. The van der Waals surface area contributed by atoms with E-state index in [-0.39, 0.29) is 5.82 Å². The van der Waals surface area contributed by atoms with Gasteiger partial charge in [0, 0.05) is 12.2 Å². The molecule has 0 bridgehead atoms. The van der Waals surface area contributed by atoms with E-state index in [9.17, 15) is 4.39 Å². The molecule has 0 aromatic heterocycles. The fraction of sp³-hybridized carbons (Fsp3) is 0.235. The van der Waals surface area contributed by atoms with Crippen LogP contribution < -0.4 is 5.32 Å². The summed E-state index contributed by atoms with van der Waals surface area (Å²) in [6, 6.07) is 14.4. The Hall–Kier alpha value is -2.34. The summed E-state index contributed by atoms with van der Waals surface area (Å²) in [4.78, 5) is 0. The summed E-state index contributed by atoms with van der Waals surface area (Å²) in [7, 11) is 0. The molecule has 0 saturated carbocycles. The molecule has 0 aliphatic rings. The second kappa shape index (κ2) is 6.21. The topological polar surface area (TPSA) is 35.8 Å². The number of hydrogen-bond acceptors (Lipinski definition) is 2. The molecule has 2 nitrogen and oxygen atoms in total. The van der Waals surface area contributed by atoms with E-state index in [1.807, 2.05) is 24.3 Å². The molecule has 20 heavy (non-hydrogen) atoms. The van der Waals surface area contributed by atoms with Crippen LogP contribution in [-0.4, -0.2) is 0 Å². The lowest BCUT2D eigenvalue weighted by molar-refractivity contribution is 0.625. The first-order valence-electron chi connectivity index (χ1n) is 6.62. The first kappa shape index (κ1) is 14.1. The van der Waals surface area contributed by atoms with E-state index < -0.39 is 0 Å². The van der Waals surface area contributed by atoms with Crippen molar-refractivity contribution in [3.63, 3.8) is 0 Å². The van der Waals surface area contributed by atoms with E-state index in [2.05, 4.69) is 25.2 Å². The van der Waals surface area contributed by atoms with Crippen molar-refractivity contribution in [3.05, 3.63) is 65.0 Å². The maximum absolute atomic E-state index is 13.4. The molecule has 0 saturated heterocycles. The van der Waals surface area contributed by atoms with Crippen molar-refractivity contribution >= 4 is 5.69 Å². The molecule has 0 radical (unpaired) electrons. The van der Waals surface area contributed by atoms with E-state index in [1.54, 1.807) is 6.07 Å². The van der Waals surface area contributed by atoms with Gasteiger partial charge < -0.3 is 5.32 Å². The first-order chi connectivity index (χ1) is 9.60. The minimum atomic E-state index is -0.377. The Morgan fingerprint density at radius 3 is 2.65 bits per heavy atom.